The van der Waals surface area contributed by atoms with Crippen LogP contribution in [0.4, 0.5) is 5.82 Å². The molecule has 2 aromatic rings. The molecule has 1 aliphatic heterocycles. The van der Waals surface area contributed by atoms with Crippen LogP contribution in [0.25, 0.3) is 0 Å². The number of aliphatic hydroxyl groups is 1. The van der Waals surface area contributed by atoms with Crippen LogP contribution in [0.3, 0.4) is 0 Å². The summed E-state index contributed by atoms with van der Waals surface area (Å²) in [7, 11) is 0. The fraction of sp³-hybridized carbons (Fsp3) is 0.435. The van der Waals surface area contributed by atoms with Gasteiger partial charge in [0.2, 0.25) is 0 Å². The Hall–Kier alpha value is -2.39. The third-order valence-electron chi connectivity index (χ3n) is 5.42. The van der Waals surface area contributed by atoms with Gasteiger partial charge in [-0.1, -0.05) is 35.3 Å². The number of nitrogens with one attached hydrogen (secondary N) is 1. The zero-order chi connectivity index (χ0) is 23.8. The van der Waals surface area contributed by atoms with Gasteiger partial charge in [0, 0.05) is 25.4 Å². The molecule has 0 amide bonds. The Morgan fingerprint density at radius 1 is 1.18 bits per heavy atom. The average Bonchev–Trinajstić information content (AvgIpc) is 2.79. The number of hydrogen-bond donors (Lipinski definition) is 3. The molecule has 10 heteroatoms. The molecule has 0 bridgehead atoms. The van der Waals surface area contributed by atoms with Crippen LogP contribution < -0.4 is 5.32 Å². The molecular formula is C23H27Cl2N3O5. The number of carbonyl (C=O) groups is 2. The summed E-state index contributed by atoms with van der Waals surface area (Å²) in [5, 5.41) is 23.5. The fourth-order valence-electron chi connectivity index (χ4n) is 3.70. The highest BCUT2D eigenvalue weighted by Crippen LogP contribution is 2.26. The van der Waals surface area contributed by atoms with Crippen LogP contribution in [-0.4, -0.2) is 57.9 Å². The van der Waals surface area contributed by atoms with E-state index in [4.69, 9.17) is 28.0 Å². The summed E-state index contributed by atoms with van der Waals surface area (Å²) < 4.78 is 0. The summed E-state index contributed by atoms with van der Waals surface area (Å²) in [4.78, 5) is 34.5. The maximum atomic E-state index is 12.7. The number of halogens is 2. The second kappa shape index (κ2) is 12.2. The number of hydroxylamine groups is 2. The van der Waals surface area contributed by atoms with Crippen LogP contribution >= 0.6 is 23.2 Å². The molecule has 0 spiro atoms. The minimum absolute atomic E-state index is 0.0373. The molecule has 0 aliphatic carbocycles. The van der Waals surface area contributed by atoms with E-state index in [0.29, 0.717) is 19.3 Å². The Balaban J connectivity index is 1.64. The van der Waals surface area contributed by atoms with Gasteiger partial charge in [-0.05, 0) is 62.3 Å². The average molecular weight is 496 g/mol. The van der Waals surface area contributed by atoms with Crippen molar-refractivity contribution in [1.29, 1.82) is 0 Å². The Morgan fingerprint density at radius 3 is 2.64 bits per heavy atom. The predicted octanol–water partition coefficient (Wildman–Crippen LogP) is 3.98. The van der Waals surface area contributed by atoms with Crippen LogP contribution in [-0.2, 0) is 22.5 Å². The Labute approximate surface area is 202 Å². The van der Waals surface area contributed by atoms with Gasteiger partial charge in [0.1, 0.15) is 11.9 Å². The summed E-state index contributed by atoms with van der Waals surface area (Å²) >= 11 is 12.2. The number of unbranched alkanes of at least 4 members (excludes halogenated alkanes) is 1. The zero-order valence-corrected chi connectivity index (χ0v) is 19.6. The Kier molecular flexibility index (Phi) is 9.31. The smallest absolute Gasteiger partial charge is 0.360 e. The lowest BCUT2D eigenvalue weighted by atomic mass is 10.1. The first kappa shape index (κ1) is 25.2. The molecule has 2 heterocycles. The van der Waals surface area contributed by atoms with Gasteiger partial charge in [0.15, 0.2) is 0 Å². The summed E-state index contributed by atoms with van der Waals surface area (Å²) in [5.74, 6) is -1.12. The van der Waals surface area contributed by atoms with Gasteiger partial charge < -0.3 is 20.4 Å². The maximum absolute atomic E-state index is 12.7. The highest BCUT2D eigenvalue weighted by molar-refractivity contribution is 6.39. The number of fused-ring (bicyclic) bond motifs is 1. The zero-order valence-electron chi connectivity index (χ0n) is 18.1. The van der Waals surface area contributed by atoms with Crippen LogP contribution in [0.5, 0.6) is 0 Å². The van der Waals surface area contributed by atoms with Crippen LogP contribution in [0.15, 0.2) is 30.3 Å². The predicted molar refractivity (Wildman–Crippen MR) is 126 cm³/mol. The van der Waals surface area contributed by atoms with Crippen molar-refractivity contribution in [3.05, 3.63) is 57.2 Å². The third kappa shape index (κ3) is 6.80. The molecule has 1 aromatic carbocycles. The monoisotopic (exact) mass is 495 g/mol. The van der Waals surface area contributed by atoms with Crippen molar-refractivity contribution in [2.45, 2.75) is 44.6 Å². The minimum atomic E-state index is -1.20. The number of hydrogen-bond acceptors (Lipinski definition) is 7. The van der Waals surface area contributed by atoms with E-state index in [1.807, 2.05) is 6.07 Å². The molecule has 0 radical (unpaired) electrons. The number of carbonyl (C=O) groups excluding carboxylic acids is 1. The second-order valence-corrected chi connectivity index (χ2v) is 8.59. The number of rotatable bonds is 11. The molecule has 1 aliphatic rings. The van der Waals surface area contributed by atoms with Gasteiger partial charge in [-0.25, -0.2) is 9.78 Å². The lowest BCUT2D eigenvalue weighted by Gasteiger charge is -2.27. The molecule has 0 saturated heterocycles. The van der Waals surface area contributed by atoms with E-state index < -0.39 is 18.0 Å². The molecule has 33 heavy (non-hydrogen) atoms. The van der Waals surface area contributed by atoms with Crippen molar-refractivity contribution in [3.8, 4) is 0 Å². The van der Waals surface area contributed by atoms with E-state index >= 15 is 0 Å². The molecule has 0 fully saturated rings. The van der Waals surface area contributed by atoms with Crippen LogP contribution in [0.1, 0.15) is 47.3 Å². The number of nitrogens with zero attached hydrogens (tertiary/aromatic N) is 2. The van der Waals surface area contributed by atoms with E-state index in [-0.39, 0.29) is 35.2 Å². The molecule has 0 unspecified atom stereocenters. The second-order valence-electron chi connectivity index (χ2n) is 7.78. The summed E-state index contributed by atoms with van der Waals surface area (Å²) in [6, 6.07) is 7.48. The first-order valence-corrected chi connectivity index (χ1v) is 11.7. The van der Waals surface area contributed by atoms with Gasteiger partial charge in [-0.3, -0.25) is 4.79 Å². The molecule has 1 atom stereocenters. The first-order chi connectivity index (χ1) is 15.9. The molecule has 0 saturated carbocycles. The highest BCUT2D eigenvalue weighted by Gasteiger charge is 2.30. The number of aryl methyl sites for hydroxylation is 2. The third-order valence-corrected chi connectivity index (χ3v) is 6.05. The van der Waals surface area contributed by atoms with E-state index in [2.05, 4.69) is 16.4 Å². The topological polar surface area (TPSA) is 112 Å². The number of carboxylic acid groups (broad SMARTS) is 1. The maximum Gasteiger partial charge on any atom is 0.360 e. The Bertz CT molecular complexity index is 968. The minimum Gasteiger partial charge on any atom is -0.480 e. The molecule has 3 rings (SSSR count). The van der Waals surface area contributed by atoms with Crippen molar-refractivity contribution in [2.75, 3.05) is 25.0 Å². The molecule has 3 N–H and O–H groups in total. The standard InChI is InChI=1S/C23H27Cl2N3O5/c24-17-7-3-8-18(25)20(17)23(32)33-28(19(11-14-29)22(30)31)13-2-1-6-16-10-9-15-5-4-12-26-21(15)27-16/h3,7-10,19,29H,1-2,4-6,11-14H2,(H,26,27)(H,30,31)/t19-/m0/s1. The van der Waals surface area contributed by atoms with Gasteiger partial charge in [0.25, 0.3) is 0 Å². The number of carboxylic acids is 1. The van der Waals surface area contributed by atoms with Crippen LogP contribution in [0, 0.1) is 0 Å². The fourth-order valence-corrected chi connectivity index (χ4v) is 4.26. The SMILES string of the molecule is O=C(ON(CCCCc1ccc2c(n1)NCCC2)[C@@H](CCO)C(=O)O)c1c(Cl)cccc1Cl. The summed E-state index contributed by atoms with van der Waals surface area (Å²) in [6.45, 7) is 0.707. The molecule has 178 valence electrons. The Morgan fingerprint density at radius 2 is 1.94 bits per heavy atom. The van der Waals surface area contributed by atoms with Gasteiger partial charge in [-0.15, -0.1) is 5.06 Å². The lowest BCUT2D eigenvalue weighted by Crippen LogP contribution is -2.43. The lowest BCUT2D eigenvalue weighted by molar-refractivity contribution is -0.174. The van der Waals surface area contributed by atoms with Gasteiger partial charge in [0.05, 0.1) is 15.6 Å². The number of aliphatic carboxylic acids is 1. The normalized spacial score (nSPS) is 13.8. The van der Waals surface area contributed by atoms with Crippen molar-refractivity contribution in [3.63, 3.8) is 0 Å². The number of anilines is 1. The number of aromatic nitrogens is 1. The molecular weight excluding hydrogens is 469 g/mol. The quantitative estimate of drug-likeness (QED) is 0.317. The van der Waals surface area contributed by atoms with E-state index in [1.165, 1.54) is 17.7 Å². The summed E-state index contributed by atoms with van der Waals surface area (Å²) in [5.41, 5.74) is 2.12. The summed E-state index contributed by atoms with van der Waals surface area (Å²) in [6.07, 6.45) is 3.97. The van der Waals surface area contributed by atoms with E-state index in [0.717, 1.165) is 36.0 Å². The number of pyridine rings is 1. The van der Waals surface area contributed by atoms with Gasteiger partial charge in [-0.2, -0.15) is 0 Å². The van der Waals surface area contributed by atoms with E-state index in [9.17, 15) is 19.8 Å². The highest BCUT2D eigenvalue weighted by atomic mass is 35.5. The van der Waals surface area contributed by atoms with Crippen molar-refractivity contribution >= 4 is 41.0 Å². The van der Waals surface area contributed by atoms with Gasteiger partial charge >= 0.3 is 11.9 Å². The number of benzene rings is 1. The van der Waals surface area contributed by atoms with Crippen molar-refractivity contribution in [1.82, 2.24) is 10.0 Å². The van der Waals surface area contributed by atoms with Crippen molar-refractivity contribution < 1.29 is 24.6 Å². The van der Waals surface area contributed by atoms with Crippen LogP contribution in [0.2, 0.25) is 10.0 Å². The molecule has 8 nitrogen and oxygen atoms in total. The van der Waals surface area contributed by atoms with Crippen molar-refractivity contribution in [2.24, 2.45) is 0 Å². The first-order valence-electron chi connectivity index (χ1n) is 10.9. The van der Waals surface area contributed by atoms with E-state index in [1.54, 1.807) is 6.07 Å². The number of aliphatic hydroxyl groups excluding tert-OH is 1. The molecule has 1 aromatic heterocycles. The largest absolute Gasteiger partial charge is 0.480 e.